The summed E-state index contributed by atoms with van der Waals surface area (Å²) in [5.74, 6) is 0. The molecule has 1 rings (SSSR count). The van der Waals surface area contributed by atoms with Gasteiger partial charge in [0.15, 0.2) is 0 Å². The van der Waals surface area contributed by atoms with Crippen LogP contribution in [0.1, 0.15) is 32.3 Å². The first-order valence-electron chi connectivity index (χ1n) is 6.27. The lowest BCUT2D eigenvalue weighted by atomic mass is 10.1. The monoisotopic (exact) mass is 251 g/mol. The number of ether oxygens (including phenoxy) is 1. The molecule has 0 bridgehead atoms. The Labute approximate surface area is 108 Å². The molecule has 0 aliphatic heterocycles. The molecule has 2 unspecified atom stereocenters. The summed E-state index contributed by atoms with van der Waals surface area (Å²) in [6.07, 6.45) is 0.443. The number of carbonyl (C=O) groups is 1. The average molecular weight is 251 g/mol. The van der Waals surface area contributed by atoms with Crippen molar-refractivity contribution in [2.45, 2.75) is 45.4 Å². The van der Waals surface area contributed by atoms with Crippen molar-refractivity contribution < 1.29 is 14.6 Å². The molecule has 2 atom stereocenters. The van der Waals surface area contributed by atoms with E-state index in [1.165, 1.54) is 0 Å². The number of aliphatic hydroxyl groups excluding tert-OH is 1. The summed E-state index contributed by atoms with van der Waals surface area (Å²) >= 11 is 0. The van der Waals surface area contributed by atoms with E-state index in [0.717, 1.165) is 12.0 Å². The zero-order chi connectivity index (χ0) is 13.4. The molecule has 0 saturated heterocycles. The summed E-state index contributed by atoms with van der Waals surface area (Å²) in [5, 5.41) is 12.0. The molecular weight excluding hydrogens is 230 g/mol. The Balaban J connectivity index is 2.32. The fraction of sp³-hybridized carbons (Fsp3) is 0.500. The van der Waals surface area contributed by atoms with Crippen LogP contribution >= 0.6 is 0 Å². The number of rotatable bonds is 6. The van der Waals surface area contributed by atoms with Gasteiger partial charge in [-0.1, -0.05) is 37.3 Å². The van der Waals surface area contributed by atoms with Crippen molar-refractivity contribution in [3.8, 4) is 0 Å². The van der Waals surface area contributed by atoms with Crippen molar-refractivity contribution in [3.63, 3.8) is 0 Å². The minimum atomic E-state index is -0.439. The lowest BCUT2D eigenvalue weighted by Crippen LogP contribution is -2.36. The van der Waals surface area contributed by atoms with Crippen molar-refractivity contribution in [1.82, 2.24) is 5.32 Å². The van der Waals surface area contributed by atoms with E-state index >= 15 is 0 Å². The van der Waals surface area contributed by atoms with Crippen LogP contribution in [0.5, 0.6) is 0 Å². The average Bonchev–Trinajstić information content (AvgIpc) is 2.36. The van der Waals surface area contributed by atoms with Gasteiger partial charge in [0.2, 0.25) is 0 Å². The van der Waals surface area contributed by atoms with E-state index < -0.39 is 12.2 Å². The molecule has 0 spiro atoms. The number of hydrogen-bond acceptors (Lipinski definition) is 3. The van der Waals surface area contributed by atoms with Gasteiger partial charge in [0, 0.05) is 6.04 Å². The molecule has 0 radical (unpaired) electrons. The molecule has 0 heterocycles. The zero-order valence-electron chi connectivity index (χ0n) is 10.9. The quantitative estimate of drug-likeness (QED) is 0.816. The Morgan fingerprint density at radius 3 is 2.61 bits per heavy atom. The summed E-state index contributed by atoms with van der Waals surface area (Å²) in [4.78, 5) is 11.6. The molecule has 4 heteroatoms. The molecule has 1 amide bonds. The van der Waals surface area contributed by atoms with Gasteiger partial charge in [-0.05, 0) is 25.3 Å². The van der Waals surface area contributed by atoms with Gasteiger partial charge < -0.3 is 15.2 Å². The number of hydrogen-bond donors (Lipinski definition) is 2. The van der Waals surface area contributed by atoms with Gasteiger partial charge in [-0.25, -0.2) is 4.79 Å². The van der Waals surface area contributed by atoms with E-state index in [2.05, 4.69) is 5.32 Å². The molecular formula is C14H21NO3. The fourth-order valence-electron chi connectivity index (χ4n) is 1.67. The minimum Gasteiger partial charge on any atom is -0.445 e. The SMILES string of the molecule is CCC(CC(C)O)NC(=O)OCc1ccccc1. The van der Waals surface area contributed by atoms with Crippen molar-refractivity contribution in [3.05, 3.63) is 35.9 Å². The second-order valence-corrected chi connectivity index (χ2v) is 4.40. The van der Waals surface area contributed by atoms with Crippen LogP contribution in [0.2, 0.25) is 0 Å². The third-order valence-corrected chi connectivity index (χ3v) is 2.65. The lowest BCUT2D eigenvalue weighted by Gasteiger charge is -2.18. The summed E-state index contributed by atoms with van der Waals surface area (Å²) in [5.41, 5.74) is 0.955. The van der Waals surface area contributed by atoms with Crippen LogP contribution in [-0.2, 0) is 11.3 Å². The van der Waals surface area contributed by atoms with Gasteiger partial charge in [-0.2, -0.15) is 0 Å². The summed E-state index contributed by atoms with van der Waals surface area (Å²) in [7, 11) is 0. The molecule has 2 N–H and O–H groups in total. The Morgan fingerprint density at radius 2 is 2.06 bits per heavy atom. The van der Waals surface area contributed by atoms with Crippen molar-refractivity contribution in [1.29, 1.82) is 0 Å². The molecule has 0 aliphatic carbocycles. The molecule has 0 fully saturated rings. The van der Waals surface area contributed by atoms with Crippen LogP contribution in [0, 0.1) is 0 Å². The second-order valence-electron chi connectivity index (χ2n) is 4.40. The van der Waals surface area contributed by atoms with E-state index in [-0.39, 0.29) is 12.6 Å². The Hall–Kier alpha value is -1.55. The summed E-state index contributed by atoms with van der Waals surface area (Å²) < 4.78 is 5.11. The fourth-order valence-corrected chi connectivity index (χ4v) is 1.67. The highest BCUT2D eigenvalue weighted by Crippen LogP contribution is 2.04. The number of alkyl carbamates (subject to hydrolysis) is 1. The maximum absolute atomic E-state index is 11.6. The molecule has 100 valence electrons. The van der Waals surface area contributed by atoms with E-state index in [1.54, 1.807) is 6.92 Å². The minimum absolute atomic E-state index is 0.0479. The van der Waals surface area contributed by atoms with Crippen LogP contribution in [0.4, 0.5) is 4.79 Å². The Bertz CT molecular complexity index is 351. The molecule has 0 aliphatic rings. The van der Waals surface area contributed by atoms with Crippen LogP contribution < -0.4 is 5.32 Å². The van der Waals surface area contributed by atoms with Crippen LogP contribution in [0.3, 0.4) is 0 Å². The van der Waals surface area contributed by atoms with E-state index in [1.807, 2.05) is 37.3 Å². The third-order valence-electron chi connectivity index (χ3n) is 2.65. The molecule has 0 aromatic heterocycles. The van der Waals surface area contributed by atoms with Crippen molar-refractivity contribution in [2.24, 2.45) is 0 Å². The first kappa shape index (κ1) is 14.5. The predicted octanol–water partition coefficient (Wildman–Crippen LogP) is 2.46. The van der Waals surface area contributed by atoms with Gasteiger partial charge in [-0.3, -0.25) is 0 Å². The van der Waals surface area contributed by atoms with Crippen LogP contribution in [0.15, 0.2) is 30.3 Å². The molecule has 0 saturated carbocycles. The zero-order valence-corrected chi connectivity index (χ0v) is 10.9. The topological polar surface area (TPSA) is 58.6 Å². The molecule has 1 aromatic carbocycles. The molecule has 4 nitrogen and oxygen atoms in total. The lowest BCUT2D eigenvalue weighted by molar-refractivity contribution is 0.126. The highest BCUT2D eigenvalue weighted by Gasteiger charge is 2.13. The third kappa shape index (κ3) is 5.68. The van der Waals surface area contributed by atoms with Gasteiger partial charge >= 0.3 is 6.09 Å². The van der Waals surface area contributed by atoms with Gasteiger partial charge in [0.05, 0.1) is 6.10 Å². The number of carbonyl (C=O) groups excluding carboxylic acids is 1. The van der Waals surface area contributed by atoms with Gasteiger partial charge in [-0.15, -0.1) is 0 Å². The number of amides is 1. The Morgan fingerprint density at radius 1 is 1.39 bits per heavy atom. The van der Waals surface area contributed by atoms with Crippen LogP contribution in [-0.4, -0.2) is 23.3 Å². The predicted molar refractivity (Wildman–Crippen MR) is 70.1 cm³/mol. The number of aliphatic hydroxyl groups is 1. The van der Waals surface area contributed by atoms with Crippen molar-refractivity contribution in [2.75, 3.05) is 0 Å². The Kier molecular flexibility index (Phi) is 6.22. The summed E-state index contributed by atoms with van der Waals surface area (Å²) in [6.45, 7) is 3.93. The van der Waals surface area contributed by atoms with Crippen LogP contribution in [0.25, 0.3) is 0 Å². The van der Waals surface area contributed by atoms with E-state index in [0.29, 0.717) is 6.42 Å². The largest absolute Gasteiger partial charge is 0.445 e. The number of benzene rings is 1. The highest BCUT2D eigenvalue weighted by atomic mass is 16.5. The highest BCUT2D eigenvalue weighted by molar-refractivity contribution is 5.67. The first-order chi connectivity index (χ1) is 8.61. The summed E-state index contributed by atoms with van der Waals surface area (Å²) in [6, 6.07) is 9.48. The number of nitrogens with one attached hydrogen (secondary N) is 1. The maximum Gasteiger partial charge on any atom is 0.407 e. The van der Waals surface area contributed by atoms with E-state index in [4.69, 9.17) is 4.74 Å². The molecule has 18 heavy (non-hydrogen) atoms. The normalized spacial score (nSPS) is 13.7. The van der Waals surface area contributed by atoms with Gasteiger partial charge in [0.1, 0.15) is 6.61 Å². The van der Waals surface area contributed by atoms with Gasteiger partial charge in [0.25, 0.3) is 0 Å². The second kappa shape index (κ2) is 7.71. The van der Waals surface area contributed by atoms with Crippen molar-refractivity contribution >= 4 is 6.09 Å². The molecule has 1 aromatic rings. The first-order valence-corrected chi connectivity index (χ1v) is 6.27. The smallest absolute Gasteiger partial charge is 0.407 e. The van der Waals surface area contributed by atoms with E-state index in [9.17, 15) is 9.90 Å². The standard InChI is InChI=1S/C14H21NO3/c1-3-13(9-11(2)16)15-14(17)18-10-12-7-5-4-6-8-12/h4-8,11,13,16H,3,9-10H2,1-2H3,(H,15,17). The maximum atomic E-state index is 11.6.